The lowest BCUT2D eigenvalue weighted by molar-refractivity contribution is -0.136. The zero-order chi connectivity index (χ0) is 13.1. The molecule has 0 aromatic rings. The summed E-state index contributed by atoms with van der Waals surface area (Å²) in [5.41, 5.74) is 0. The molecule has 8 heteroatoms. The summed E-state index contributed by atoms with van der Waals surface area (Å²) in [6.07, 6.45) is 1.34. The zero-order valence-electron chi connectivity index (χ0n) is 9.55. The molecule has 1 unspecified atom stereocenters. The van der Waals surface area contributed by atoms with Gasteiger partial charge in [-0.1, -0.05) is 0 Å². The summed E-state index contributed by atoms with van der Waals surface area (Å²) in [5, 5.41) is 2.39. The van der Waals surface area contributed by atoms with Gasteiger partial charge in [0.2, 0.25) is 11.8 Å². The molecule has 0 spiro atoms. The lowest BCUT2D eigenvalue weighted by Gasteiger charge is -2.22. The van der Waals surface area contributed by atoms with Crippen LogP contribution in [0.5, 0.6) is 0 Å². The normalized spacial score (nSPS) is 20.4. The summed E-state index contributed by atoms with van der Waals surface area (Å²) in [7, 11) is -4.07. The summed E-state index contributed by atoms with van der Waals surface area (Å²) < 4.78 is 29.4. The van der Waals surface area contributed by atoms with E-state index >= 15 is 0 Å². The first-order chi connectivity index (χ1) is 7.81. The Bertz CT molecular complexity index is 406. The van der Waals surface area contributed by atoms with Gasteiger partial charge >= 0.3 is 0 Å². The van der Waals surface area contributed by atoms with Crippen molar-refractivity contribution in [2.75, 3.05) is 18.8 Å². The summed E-state index contributed by atoms with van der Waals surface area (Å²) in [5.74, 6) is -1.07. The predicted molar refractivity (Wildman–Crippen MR) is 59.8 cm³/mol. The number of carbonyl (C=O) groups excluding carboxylic acids is 2. The van der Waals surface area contributed by atoms with Crippen LogP contribution in [0.1, 0.15) is 19.8 Å². The fraction of sp³-hybridized carbons (Fsp3) is 0.778. The molecule has 0 aromatic carbocycles. The van der Waals surface area contributed by atoms with Gasteiger partial charge in [-0.2, -0.15) is 8.42 Å². The number of carbonyl (C=O) groups is 2. The van der Waals surface area contributed by atoms with Crippen molar-refractivity contribution in [3.05, 3.63) is 0 Å². The van der Waals surface area contributed by atoms with Gasteiger partial charge in [-0.05, 0) is 12.8 Å². The first kappa shape index (κ1) is 13.9. The Morgan fingerprint density at radius 2 is 2.12 bits per heavy atom. The van der Waals surface area contributed by atoms with Crippen molar-refractivity contribution >= 4 is 21.9 Å². The van der Waals surface area contributed by atoms with Crippen molar-refractivity contribution in [1.29, 1.82) is 0 Å². The maximum Gasteiger partial charge on any atom is 0.266 e. The van der Waals surface area contributed by atoms with Crippen molar-refractivity contribution in [1.82, 2.24) is 10.2 Å². The number of amides is 2. The van der Waals surface area contributed by atoms with E-state index in [2.05, 4.69) is 5.32 Å². The minimum Gasteiger partial charge on any atom is -0.353 e. The SMILES string of the molecule is CC(=O)N1CCCC1C(=O)NCCS(=O)(=O)O. The van der Waals surface area contributed by atoms with Gasteiger partial charge in [0.25, 0.3) is 10.1 Å². The van der Waals surface area contributed by atoms with Gasteiger partial charge in [-0.3, -0.25) is 14.1 Å². The second-order valence-electron chi connectivity index (χ2n) is 3.95. The van der Waals surface area contributed by atoms with Gasteiger partial charge in [0, 0.05) is 20.0 Å². The Hall–Kier alpha value is -1.15. The molecule has 0 bridgehead atoms. The molecule has 1 rings (SSSR count). The van der Waals surface area contributed by atoms with E-state index in [-0.39, 0.29) is 18.4 Å². The number of likely N-dealkylation sites (tertiary alicyclic amines) is 1. The molecule has 0 aromatic heterocycles. The van der Waals surface area contributed by atoms with E-state index in [1.807, 2.05) is 0 Å². The van der Waals surface area contributed by atoms with Crippen LogP contribution >= 0.6 is 0 Å². The molecule has 1 saturated heterocycles. The maximum atomic E-state index is 11.7. The third kappa shape index (κ3) is 4.31. The quantitative estimate of drug-likeness (QED) is 0.634. The summed E-state index contributed by atoms with van der Waals surface area (Å²) in [6, 6.07) is -0.520. The molecule has 1 aliphatic rings. The Labute approximate surface area is 99.9 Å². The molecule has 98 valence electrons. The van der Waals surface area contributed by atoms with Crippen LogP contribution < -0.4 is 5.32 Å². The second-order valence-corrected chi connectivity index (χ2v) is 5.52. The van der Waals surface area contributed by atoms with Crippen molar-refractivity contribution in [2.24, 2.45) is 0 Å². The third-order valence-electron chi connectivity index (χ3n) is 2.62. The molecule has 17 heavy (non-hydrogen) atoms. The molecule has 1 heterocycles. The molecule has 2 amide bonds. The highest BCUT2D eigenvalue weighted by atomic mass is 32.2. The molecule has 0 radical (unpaired) electrons. The molecule has 0 saturated carbocycles. The average Bonchev–Trinajstić information content (AvgIpc) is 2.63. The van der Waals surface area contributed by atoms with Crippen molar-refractivity contribution in [3.63, 3.8) is 0 Å². The van der Waals surface area contributed by atoms with Crippen LogP contribution in [-0.4, -0.2) is 54.6 Å². The number of nitrogens with one attached hydrogen (secondary N) is 1. The predicted octanol–water partition coefficient (Wildman–Crippen LogP) is -0.999. The fourth-order valence-corrected chi connectivity index (χ4v) is 2.20. The largest absolute Gasteiger partial charge is 0.353 e. The molecular weight excluding hydrogens is 248 g/mol. The van der Waals surface area contributed by atoms with E-state index in [9.17, 15) is 18.0 Å². The van der Waals surface area contributed by atoms with Crippen LogP contribution in [-0.2, 0) is 19.7 Å². The van der Waals surface area contributed by atoms with Gasteiger partial charge in [-0.15, -0.1) is 0 Å². The van der Waals surface area contributed by atoms with E-state index in [1.54, 1.807) is 0 Å². The minimum absolute atomic E-state index is 0.153. The number of hydrogen-bond donors (Lipinski definition) is 2. The first-order valence-corrected chi connectivity index (χ1v) is 6.92. The van der Waals surface area contributed by atoms with Gasteiger partial charge in [0.05, 0.1) is 5.75 Å². The van der Waals surface area contributed by atoms with Crippen LogP contribution in [0.4, 0.5) is 0 Å². The van der Waals surface area contributed by atoms with Crippen LogP contribution in [0.25, 0.3) is 0 Å². The molecular formula is C9H16N2O5S. The van der Waals surface area contributed by atoms with E-state index in [4.69, 9.17) is 4.55 Å². The fourth-order valence-electron chi connectivity index (χ4n) is 1.84. The molecule has 0 aliphatic carbocycles. The van der Waals surface area contributed by atoms with Crippen molar-refractivity contribution < 1.29 is 22.6 Å². The summed E-state index contributed by atoms with van der Waals surface area (Å²) in [4.78, 5) is 24.3. The van der Waals surface area contributed by atoms with Gasteiger partial charge < -0.3 is 10.2 Å². The summed E-state index contributed by atoms with van der Waals surface area (Å²) >= 11 is 0. The molecule has 1 atom stereocenters. The van der Waals surface area contributed by atoms with Gasteiger partial charge in [0.1, 0.15) is 6.04 Å². The topological polar surface area (TPSA) is 104 Å². The molecule has 7 nitrogen and oxygen atoms in total. The van der Waals surface area contributed by atoms with Gasteiger partial charge in [0.15, 0.2) is 0 Å². The number of rotatable bonds is 4. The van der Waals surface area contributed by atoms with Crippen molar-refractivity contribution in [3.8, 4) is 0 Å². The Kier molecular flexibility index (Phi) is 4.47. The van der Waals surface area contributed by atoms with Crippen LogP contribution in [0.3, 0.4) is 0 Å². The van der Waals surface area contributed by atoms with E-state index in [0.29, 0.717) is 13.0 Å². The zero-order valence-corrected chi connectivity index (χ0v) is 10.4. The molecule has 2 N–H and O–H groups in total. The highest BCUT2D eigenvalue weighted by Gasteiger charge is 2.32. The summed E-state index contributed by atoms with van der Waals surface area (Å²) in [6.45, 7) is 1.79. The van der Waals surface area contributed by atoms with Gasteiger partial charge in [-0.25, -0.2) is 0 Å². The van der Waals surface area contributed by atoms with Crippen LogP contribution in [0, 0.1) is 0 Å². The smallest absolute Gasteiger partial charge is 0.266 e. The maximum absolute atomic E-state index is 11.7. The van der Waals surface area contributed by atoms with Crippen molar-refractivity contribution in [2.45, 2.75) is 25.8 Å². The first-order valence-electron chi connectivity index (χ1n) is 5.31. The lowest BCUT2D eigenvalue weighted by Crippen LogP contribution is -2.46. The Morgan fingerprint density at radius 1 is 1.47 bits per heavy atom. The number of nitrogens with zero attached hydrogens (tertiary/aromatic N) is 1. The second kappa shape index (κ2) is 5.46. The average molecular weight is 264 g/mol. The standard InChI is InChI=1S/C9H16N2O5S/c1-7(12)11-5-2-3-8(11)9(13)10-4-6-17(14,15)16/h8H,2-6H2,1H3,(H,10,13)(H,14,15,16). The highest BCUT2D eigenvalue weighted by molar-refractivity contribution is 7.85. The third-order valence-corrected chi connectivity index (χ3v) is 3.34. The molecule has 1 aliphatic heterocycles. The number of hydrogen-bond acceptors (Lipinski definition) is 4. The minimum atomic E-state index is -4.07. The van der Waals surface area contributed by atoms with Crippen LogP contribution in [0.15, 0.2) is 0 Å². The Morgan fingerprint density at radius 3 is 2.65 bits per heavy atom. The van der Waals surface area contributed by atoms with E-state index in [0.717, 1.165) is 6.42 Å². The highest BCUT2D eigenvalue weighted by Crippen LogP contribution is 2.17. The van der Waals surface area contributed by atoms with E-state index < -0.39 is 21.9 Å². The van der Waals surface area contributed by atoms with E-state index in [1.165, 1.54) is 11.8 Å². The van der Waals surface area contributed by atoms with Crippen LogP contribution in [0.2, 0.25) is 0 Å². The monoisotopic (exact) mass is 264 g/mol. The lowest BCUT2D eigenvalue weighted by atomic mass is 10.2. The molecule has 1 fully saturated rings. The Balaban J connectivity index is 2.45.